The molecular formula is C12H18N4O2. The van der Waals surface area contributed by atoms with Crippen LogP contribution >= 0.6 is 0 Å². The Kier molecular flexibility index (Phi) is 5.26. The van der Waals surface area contributed by atoms with Crippen LogP contribution in [0.5, 0.6) is 0 Å². The van der Waals surface area contributed by atoms with Crippen LogP contribution in [-0.2, 0) is 4.79 Å². The van der Waals surface area contributed by atoms with E-state index in [2.05, 4.69) is 15.6 Å². The van der Waals surface area contributed by atoms with Gasteiger partial charge in [0.25, 0.3) is 5.91 Å². The second-order valence-corrected chi connectivity index (χ2v) is 4.17. The van der Waals surface area contributed by atoms with E-state index in [1.807, 2.05) is 19.0 Å². The maximum atomic E-state index is 11.8. The van der Waals surface area contributed by atoms with Gasteiger partial charge in [0.05, 0.1) is 0 Å². The van der Waals surface area contributed by atoms with Crippen LogP contribution < -0.4 is 10.6 Å². The molecule has 1 heterocycles. The first-order valence-corrected chi connectivity index (χ1v) is 5.65. The third kappa shape index (κ3) is 4.92. The highest BCUT2D eigenvalue weighted by atomic mass is 16.2. The van der Waals surface area contributed by atoms with Crippen LogP contribution in [0.15, 0.2) is 18.3 Å². The molecule has 2 N–H and O–H groups in total. The van der Waals surface area contributed by atoms with E-state index in [1.54, 1.807) is 12.1 Å². The summed E-state index contributed by atoms with van der Waals surface area (Å²) in [6.07, 6.45) is 1.49. The molecule has 0 spiro atoms. The van der Waals surface area contributed by atoms with E-state index in [4.69, 9.17) is 0 Å². The van der Waals surface area contributed by atoms with Crippen LogP contribution in [-0.4, -0.2) is 48.9 Å². The first-order chi connectivity index (χ1) is 8.49. The Labute approximate surface area is 106 Å². The molecule has 0 aliphatic carbocycles. The van der Waals surface area contributed by atoms with E-state index in [0.717, 1.165) is 6.54 Å². The SMILES string of the molecule is CC(=O)Nc1cc(C(=O)NCCN(C)C)ccn1. The molecule has 0 unspecified atom stereocenters. The Hall–Kier alpha value is -1.95. The third-order valence-electron chi connectivity index (χ3n) is 2.17. The van der Waals surface area contributed by atoms with Gasteiger partial charge in [-0.15, -0.1) is 0 Å². The van der Waals surface area contributed by atoms with Crippen LogP contribution in [0, 0.1) is 0 Å². The number of anilines is 1. The lowest BCUT2D eigenvalue weighted by Crippen LogP contribution is -2.31. The number of hydrogen-bond acceptors (Lipinski definition) is 4. The van der Waals surface area contributed by atoms with Crippen molar-refractivity contribution in [3.8, 4) is 0 Å². The van der Waals surface area contributed by atoms with Crippen LogP contribution in [0.3, 0.4) is 0 Å². The number of aromatic nitrogens is 1. The maximum Gasteiger partial charge on any atom is 0.251 e. The summed E-state index contributed by atoms with van der Waals surface area (Å²) in [6, 6.07) is 3.16. The molecule has 0 atom stereocenters. The van der Waals surface area contributed by atoms with Gasteiger partial charge in [0, 0.05) is 31.8 Å². The fraction of sp³-hybridized carbons (Fsp3) is 0.417. The molecule has 18 heavy (non-hydrogen) atoms. The van der Waals surface area contributed by atoms with Gasteiger partial charge in [-0.2, -0.15) is 0 Å². The average Bonchev–Trinajstić information content (AvgIpc) is 2.27. The summed E-state index contributed by atoms with van der Waals surface area (Å²) in [5.41, 5.74) is 0.479. The zero-order valence-electron chi connectivity index (χ0n) is 10.9. The number of pyridine rings is 1. The van der Waals surface area contributed by atoms with E-state index >= 15 is 0 Å². The molecule has 1 rings (SSSR count). The van der Waals surface area contributed by atoms with Crippen LogP contribution in [0.4, 0.5) is 5.82 Å². The molecule has 1 aromatic rings. The molecule has 0 aliphatic heterocycles. The second-order valence-electron chi connectivity index (χ2n) is 4.17. The number of hydrogen-bond donors (Lipinski definition) is 2. The average molecular weight is 250 g/mol. The van der Waals surface area contributed by atoms with E-state index in [9.17, 15) is 9.59 Å². The van der Waals surface area contributed by atoms with Gasteiger partial charge in [0.2, 0.25) is 5.91 Å². The van der Waals surface area contributed by atoms with Crippen molar-refractivity contribution in [2.75, 3.05) is 32.5 Å². The molecular weight excluding hydrogens is 232 g/mol. The lowest BCUT2D eigenvalue weighted by atomic mass is 10.2. The van der Waals surface area contributed by atoms with Crippen molar-refractivity contribution in [1.29, 1.82) is 0 Å². The zero-order chi connectivity index (χ0) is 13.5. The fourth-order valence-corrected chi connectivity index (χ4v) is 1.32. The highest BCUT2D eigenvalue weighted by molar-refractivity contribution is 5.96. The quantitative estimate of drug-likeness (QED) is 0.790. The molecule has 6 nitrogen and oxygen atoms in total. The Morgan fingerprint density at radius 3 is 2.72 bits per heavy atom. The molecule has 98 valence electrons. The van der Waals surface area contributed by atoms with Gasteiger partial charge in [-0.1, -0.05) is 0 Å². The number of nitrogens with one attached hydrogen (secondary N) is 2. The van der Waals surface area contributed by atoms with E-state index in [-0.39, 0.29) is 11.8 Å². The first kappa shape index (κ1) is 14.1. The minimum Gasteiger partial charge on any atom is -0.351 e. The van der Waals surface area contributed by atoms with Crippen molar-refractivity contribution in [1.82, 2.24) is 15.2 Å². The molecule has 0 radical (unpaired) electrons. The second kappa shape index (κ2) is 6.70. The first-order valence-electron chi connectivity index (χ1n) is 5.65. The summed E-state index contributed by atoms with van der Waals surface area (Å²) >= 11 is 0. The molecule has 2 amide bonds. The maximum absolute atomic E-state index is 11.8. The lowest BCUT2D eigenvalue weighted by Gasteiger charge is -2.10. The van der Waals surface area contributed by atoms with Gasteiger partial charge in [-0.05, 0) is 26.2 Å². The van der Waals surface area contributed by atoms with Crippen molar-refractivity contribution >= 4 is 17.6 Å². The molecule has 0 saturated carbocycles. The van der Waals surface area contributed by atoms with Crippen LogP contribution in [0.1, 0.15) is 17.3 Å². The standard InChI is InChI=1S/C12H18N4O2/c1-9(17)15-11-8-10(4-5-13-11)12(18)14-6-7-16(2)3/h4-5,8H,6-7H2,1-3H3,(H,14,18)(H,13,15,17). The van der Waals surface area contributed by atoms with Crippen LogP contribution in [0.2, 0.25) is 0 Å². The van der Waals surface area contributed by atoms with Gasteiger partial charge in [0.1, 0.15) is 5.82 Å². The number of carbonyl (C=O) groups is 2. The van der Waals surface area contributed by atoms with Crippen molar-refractivity contribution < 1.29 is 9.59 Å². The van der Waals surface area contributed by atoms with Crippen molar-refractivity contribution in [3.05, 3.63) is 23.9 Å². The third-order valence-corrected chi connectivity index (χ3v) is 2.17. The Bertz CT molecular complexity index is 432. The summed E-state index contributed by atoms with van der Waals surface area (Å²) in [5, 5.41) is 5.33. The monoisotopic (exact) mass is 250 g/mol. The summed E-state index contributed by atoms with van der Waals surface area (Å²) in [6.45, 7) is 2.74. The number of amides is 2. The Morgan fingerprint density at radius 1 is 1.39 bits per heavy atom. The van der Waals surface area contributed by atoms with Gasteiger partial charge in [-0.3, -0.25) is 9.59 Å². The summed E-state index contributed by atoms with van der Waals surface area (Å²) in [5.74, 6) is -0.0127. The predicted octanol–water partition coefficient (Wildman–Crippen LogP) is 0.331. The fourth-order valence-electron chi connectivity index (χ4n) is 1.32. The van der Waals surface area contributed by atoms with Gasteiger partial charge >= 0.3 is 0 Å². The highest BCUT2D eigenvalue weighted by Gasteiger charge is 2.07. The van der Waals surface area contributed by atoms with Gasteiger partial charge < -0.3 is 15.5 Å². The van der Waals surface area contributed by atoms with Crippen molar-refractivity contribution in [2.45, 2.75) is 6.92 Å². The number of carbonyl (C=O) groups excluding carboxylic acids is 2. The number of likely N-dealkylation sites (N-methyl/N-ethyl adjacent to an activating group) is 1. The zero-order valence-corrected chi connectivity index (χ0v) is 10.9. The van der Waals surface area contributed by atoms with E-state index in [0.29, 0.717) is 17.9 Å². The molecule has 0 aliphatic rings. The summed E-state index contributed by atoms with van der Waals surface area (Å²) in [4.78, 5) is 28.6. The molecule has 6 heteroatoms. The molecule has 0 saturated heterocycles. The molecule has 0 bridgehead atoms. The van der Waals surface area contributed by atoms with Crippen molar-refractivity contribution in [3.63, 3.8) is 0 Å². The highest BCUT2D eigenvalue weighted by Crippen LogP contribution is 2.06. The molecule has 0 fully saturated rings. The summed E-state index contributed by atoms with van der Waals surface area (Å²) < 4.78 is 0. The lowest BCUT2D eigenvalue weighted by molar-refractivity contribution is -0.114. The van der Waals surface area contributed by atoms with Gasteiger partial charge in [-0.25, -0.2) is 4.98 Å². The van der Waals surface area contributed by atoms with Gasteiger partial charge in [0.15, 0.2) is 0 Å². The van der Waals surface area contributed by atoms with Crippen LogP contribution in [0.25, 0.3) is 0 Å². The normalized spacial score (nSPS) is 10.2. The van der Waals surface area contributed by atoms with E-state index in [1.165, 1.54) is 13.1 Å². The largest absolute Gasteiger partial charge is 0.351 e. The minimum atomic E-state index is -0.215. The summed E-state index contributed by atoms with van der Waals surface area (Å²) in [7, 11) is 3.88. The number of nitrogens with zero attached hydrogens (tertiary/aromatic N) is 2. The van der Waals surface area contributed by atoms with E-state index < -0.39 is 0 Å². The predicted molar refractivity (Wildman–Crippen MR) is 69.4 cm³/mol. The Balaban J connectivity index is 2.59. The Morgan fingerprint density at radius 2 is 2.11 bits per heavy atom. The number of rotatable bonds is 5. The molecule has 1 aromatic heterocycles. The topological polar surface area (TPSA) is 74.3 Å². The smallest absolute Gasteiger partial charge is 0.251 e. The molecule has 0 aromatic carbocycles. The van der Waals surface area contributed by atoms with Crippen molar-refractivity contribution in [2.24, 2.45) is 0 Å². The minimum absolute atomic E-state index is 0.175.